The lowest BCUT2D eigenvalue weighted by Gasteiger charge is -2.56. The minimum atomic E-state index is -0.414. The Bertz CT molecular complexity index is 908. The number of aromatic nitrogens is 1. The summed E-state index contributed by atoms with van der Waals surface area (Å²) in [6.45, 7) is -0.167. The van der Waals surface area contributed by atoms with Crippen molar-refractivity contribution in [2.45, 2.75) is 43.9 Å². The molecule has 0 radical (unpaired) electrons. The number of nitrogens with one attached hydrogen (secondary N) is 2. The predicted molar refractivity (Wildman–Crippen MR) is 112 cm³/mol. The summed E-state index contributed by atoms with van der Waals surface area (Å²) in [5, 5.41) is 0. The smallest absolute Gasteiger partial charge is 0.276 e. The largest absolute Gasteiger partial charge is 0.484 e. The molecule has 2 aromatic rings. The van der Waals surface area contributed by atoms with Gasteiger partial charge in [0.2, 0.25) is 0 Å². The molecular formula is C24H27N3O3. The first-order valence-corrected chi connectivity index (χ1v) is 10.8. The summed E-state index contributed by atoms with van der Waals surface area (Å²) in [5.74, 6) is 2.31. The van der Waals surface area contributed by atoms with Crippen LogP contribution in [0.3, 0.4) is 0 Å². The van der Waals surface area contributed by atoms with E-state index in [1.165, 1.54) is 38.5 Å². The van der Waals surface area contributed by atoms with Crippen LogP contribution in [0.15, 0.2) is 48.7 Å². The minimum Gasteiger partial charge on any atom is -0.484 e. The molecule has 6 rings (SSSR count). The molecule has 0 atom stereocenters. The SMILES string of the molecule is O=C(COc1ccccc1)NNC(=O)c1ccnc(C23CC4CC(CC(C4)C2)C3)c1. The molecule has 1 aromatic heterocycles. The Labute approximate surface area is 176 Å². The van der Waals surface area contributed by atoms with Gasteiger partial charge in [0.1, 0.15) is 5.75 Å². The zero-order valence-electron chi connectivity index (χ0n) is 17.0. The number of pyridine rings is 1. The highest BCUT2D eigenvalue weighted by Crippen LogP contribution is 2.60. The van der Waals surface area contributed by atoms with Gasteiger partial charge >= 0.3 is 0 Å². The van der Waals surface area contributed by atoms with Crippen LogP contribution in [0.1, 0.15) is 54.6 Å². The van der Waals surface area contributed by atoms with Gasteiger partial charge in [0.15, 0.2) is 6.61 Å². The fourth-order valence-electron chi connectivity index (χ4n) is 6.19. The second kappa shape index (κ2) is 7.74. The number of benzene rings is 1. The number of carbonyl (C=O) groups is 2. The van der Waals surface area contributed by atoms with E-state index >= 15 is 0 Å². The highest BCUT2D eigenvalue weighted by Gasteiger charge is 2.52. The topological polar surface area (TPSA) is 80.3 Å². The molecule has 30 heavy (non-hydrogen) atoms. The Morgan fingerprint density at radius 2 is 1.63 bits per heavy atom. The van der Waals surface area contributed by atoms with Gasteiger partial charge in [0, 0.05) is 22.9 Å². The van der Waals surface area contributed by atoms with E-state index in [4.69, 9.17) is 4.74 Å². The van der Waals surface area contributed by atoms with Gasteiger partial charge in [-0.15, -0.1) is 0 Å². The molecule has 2 amide bonds. The zero-order chi connectivity index (χ0) is 20.6. The van der Waals surface area contributed by atoms with E-state index in [2.05, 4.69) is 15.8 Å². The molecule has 0 aliphatic heterocycles. The Hall–Kier alpha value is -2.89. The first-order chi connectivity index (χ1) is 14.6. The number of ether oxygens (including phenoxy) is 1. The predicted octanol–water partition coefficient (Wildman–Crippen LogP) is 3.39. The van der Waals surface area contributed by atoms with Crippen LogP contribution in [-0.4, -0.2) is 23.4 Å². The van der Waals surface area contributed by atoms with E-state index in [-0.39, 0.29) is 17.9 Å². The van der Waals surface area contributed by atoms with Crippen LogP contribution in [-0.2, 0) is 10.2 Å². The highest BCUT2D eigenvalue weighted by molar-refractivity contribution is 5.95. The number of para-hydroxylation sites is 1. The third kappa shape index (κ3) is 3.78. The van der Waals surface area contributed by atoms with E-state index in [9.17, 15) is 9.59 Å². The van der Waals surface area contributed by atoms with Crippen molar-refractivity contribution in [1.29, 1.82) is 0 Å². The summed E-state index contributed by atoms with van der Waals surface area (Å²) >= 11 is 0. The second-order valence-corrected chi connectivity index (χ2v) is 9.23. The number of rotatable bonds is 5. The zero-order valence-corrected chi connectivity index (χ0v) is 17.0. The first kappa shape index (κ1) is 19.1. The average Bonchev–Trinajstić information content (AvgIpc) is 2.76. The molecule has 4 fully saturated rings. The summed E-state index contributed by atoms with van der Waals surface area (Å²) < 4.78 is 5.39. The molecule has 6 heteroatoms. The number of hydrogen-bond donors (Lipinski definition) is 2. The van der Waals surface area contributed by atoms with Crippen LogP contribution >= 0.6 is 0 Å². The fraction of sp³-hybridized carbons (Fsp3) is 0.458. The second-order valence-electron chi connectivity index (χ2n) is 9.23. The standard InChI is InChI=1S/C24H27N3O3/c28-22(15-30-20-4-2-1-3-5-20)26-27-23(29)19-6-7-25-21(11-19)24-12-16-8-17(13-24)10-18(9-16)14-24/h1-7,11,16-18H,8-10,12-15H2,(H,26,28)(H,27,29). The lowest BCUT2D eigenvalue weighted by atomic mass is 9.48. The minimum absolute atomic E-state index is 0.137. The third-order valence-electron chi connectivity index (χ3n) is 7.03. The van der Waals surface area contributed by atoms with Gasteiger partial charge in [-0.1, -0.05) is 18.2 Å². The summed E-state index contributed by atoms with van der Waals surface area (Å²) in [6, 6.07) is 12.7. The van der Waals surface area contributed by atoms with Crippen molar-refractivity contribution in [2.24, 2.45) is 17.8 Å². The van der Waals surface area contributed by atoms with Crippen LogP contribution in [0.2, 0.25) is 0 Å². The highest BCUT2D eigenvalue weighted by atomic mass is 16.5. The lowest BCUT2D eigenvalue weighted by molar-refractivity contribution is -0.123. The summed E-state index contributed by atoms with van der Waals surface area (Å²) in [5.41, 5.74) is 6.63. The third-order valence-corrected chi connectivity index (χ3v) is 7.03. The van der Waals surface area contributed by atoms with Crippen molar-refractivity contribution >= 4 is 11.8 Å². The van der Waals surface area contributed by atoms with E-state index < -0.39 is 5.91 Å². The Morgan fingerprint density at radius 1 is 0.967 bits per heavy atom. The van der Waals surface area contributed by atoms with Crippen molar-refractivity contribution in [3.8, 4) is 5.75 Å². The molecule has 2 N–H and O–H groups in total. The molecule has 4 saturated carbocycles. The molecule has 1 heterocycles. The van der Waals surface area contributed by atoms with Crippen molar-refractivity contribution < 1.29 is 14.3 Å². The molecule has 1 aromatic carbocycles. The van der Waals surface area contributed by atoms with E-state index in [1.807, 2.05) is 24.3 Å². The molecule has 4 bridgehead atoms. The van der Waals surface area contributed by atoms with Crippen LogP contribution in [0.25, 0.3) is 0 Å². The number of hydrazine groups is 1. The van der Waals surface area contributed by atoms with Crippen LogP contribution in [0, 0.1) is 17.8 Å². The number of hydrogen-bond acceptors (Lipinski definition) is 4. The fourth-order valence-corrected chi connectivity index (χ4v) is 6.19. The summed E-state index contributed by atoms with van der Waals surface area (Å²) in [4.78, 5) is 29.3. The molecule has 0 spiro atoms. The van der Waals surface area contributed by atoms with E-state index in [0.29, 0.717) is 11.3 Å². The van der Waals surface area contributed by atoms with Crippen molar-refractivity contribution in [3.63, 3.8) is 0 Å². The molecule has 0 unspecified atom stereocenters. The molecule has 4 aliphatic carbocycles. The number of amides is 2. The molecular weight excluding hydrogens is 378 g/mol. The van der Waals surface area contributed by atoms with Crippen molar-refractivity contribution in [2.75, 3.05) is 6.61 Å². The summed E-state index contributed by atoms with van der Waals surface area (Å²) in [7, 11) is 0. The maximum atomic E-state index is 12.6. The maximum Gasteiger partial charge on any atom is 0.276 e. The first-order valence-electron chi connectivity index (χ1n) is 10.8. The van der Waals surface area contributed by atoms with E-state index in [0.717, 1.165) is 23.4 Å². The normalized spacial score (nSPS) is 28.7. The van der Waals surface area contributed by atoms with Crippen molar-refractivity contribution in [1.82, 2.24) is 15.8 Å². The molecule has 156 valence electrons. The molecule has 4 aliphatic rings. The number of nitrogens with zero attached hydrogens (tertiary/aromatic N) is 1. The van der Waals surface area contributed by atoms with Gasteiger partial charge in [0.25, 0.3) is 11.8 Å². The quantitative estimate of drug-likeness (QED) is 0.748. The van der Waals surface area contributed by atoms with Gasteiger partial charge < -0.3 is 4.74 Å². The molecule has 6 nitrogen and oxygen atoms in total. The van der Waals surface area contributed by atoms with Gasteiger partial charge in [-0.3, -0.25) is 25.4 Å². The Kier molecular flexibility index (Phi) is 4.93. The van der Waals surface area contributed by atoms with Gasteiger partial charge in [-0.05, 0) is 80.5 Å². The summed E-state index contributed by atoms with van der Waals surface area (Å²) in [6.07, 6.45) is 9.44. The van der Waals surface area contributed by atoms with Crippen LogP contribution in [0.4, 0.5) is 0 Å². The number of carbonyl (C=O) groups excluding carboxylic acids is 2. The average molecular weight is 405 g/mol. The van der Waals surface area contributed by atoms with Gasteiger partial charge in [0.05, 0.1) is 0 Å². The molecule has 0 saturated heterocycles. The van der Waals surface area contributed by atoms with Crippen LogP contribution in [0.5, 0.6) is 5.75 Å². The van der Waals surface area contributed by atoms with Crippen molar-refractivity contribution in [3.05, 3.63) is 59.9 Å². The Morgan fingerprint density at radius 3 is 2.30 bits per heavy atom. The maximum absolute atomic E-state index is 12.6. The van der Waals surface area contributed by atoms with Gasteiger partial charge in [-0.25, -0.2) is 0 Å². The Balaban J connectivity index is 1.20. The van der Waals surface area contributed by atoms with Crippen LogP contribution < -0.4 is 15.6 Å². The van der Waals surface area contributed by atoms with E-state index in [1.54, 1.807) is 24.4 Å². The van der Waals surface area contributed by atoms with Gasteiger partial charge in [-0.2, -0.15) is 0 Å². The monoisotopic (exact) mass is 405 g/mol. The lowest BCUT2D eigenvalue weighted by Crippen LogP contribution is -2.49.